The lowest BCUT2D eigenvalue weighted by atomic mass is 10.0. The molecule has 0 aromatic carbocycles. The van der Waals surface area contributed by atoms with Gasteiger partial charge >= 0.3 is 0 Å². The van der Waals surface area contributed by atoms with E-state index in [0.29, 0.717) is 11.6 Å². The zero-order valence-corrected chi connectivity index (χ0v) is 13.5. The van der Waals surface area contributed by atoms with Crippen molar-refractivity contribution in [3.05, 3.63) is 34.9 Å². The van der Waals surface area contributed by atoms with Crippen molar-refractivity contribution >= 4 is 17.5 Å². The number of halogens is 1. The summed E-state index contributed by atoms with van der Waals surface area (Å²) in [6, 6.07) is 0. The van der Waals surface area contributed by atoms with Crippen LogP contribution in [0.25, 0.3) is 0 Å². The van der Waals surface area contributed by atoms with Gasteiger partial charge in [0.2, 0.25) is 5.91 Å². The second-order valence-corrected chi connectivity index (χ2v) is 5.88. The number of carbonyl (C=O) groups is 1. The molecular weight excluding hydrogens is 290 g/mol. The van der Waals surface area contributed by atoms with Crippen LogP contribution in [-0.4, -0.2) is 25.5 Å². The largest absolute Gasteiger partial charge is 0.350 e. The molecule has 2 aromatic rings. The van der Waals surface area contributed by atoms with E-state index in [1.54, 1.807) is 24.7 Å². The highest BCUT2D eigenvalue weighted by molar-refractivity contribution is 6.30. The Morgan fingerprint density at radius 2 is 2.14 bits per heavy atom. The van der Waals surface area contributed by atoms with Gasteiger partial charge in [0.15, 0.2) is 0 Å². The number of hydrogen-bond acceptors (Lipinski definition) is 3. The first-order chi connectivity index (χ1) is 9.84. The van der Waals surface area contributed by atoms with Crippen molar-refractivity contribution < 1.29 is 4.79 Å². The van der Waals surface area contributed by atoms with Gasteiger partial charge in [-0.1, -0.05) is 11.6 Å². The molecule has 2 rings (SSSR count). The van der Waals surface area contributed by atoms with Crippen LogP contribution in [0.1, 0.15) is 32.0 Å². The SMILES string of the molecule is CCn1cc(CNC(=O)C(C)(C)n2cc(Cl)cn2)c(C)n1. The maximum absolute atomic E-state index is 12.4. The molecule has 0 radical (unpaired) electrons. The summed E-state index contributed by atoms with van der Waals surface area (Å²) >= 11 is 5.86. The summed E-state index contributed by atoms with van der Waals surface area (Å²) in [5, 5.41) is 11.9. The number of hydrogen-bond donors (Lipinski definition) is 1. The van der Waals surface area contributed by atoms with E-state index in [9.17, 15) is 4.79 Å². The fourth-order valence-electron chi connectivity index (χ4n) is 2.00. The number of amides is 1. The standard InChI is InChI=1S/C14H20ClN5O/c1-5-19-8-11(10(2)18-19)6-16-13(21)14(3,4)20-9-12(15)7-17-20/h7-9H,5-6H2,1-4H3,(H,16,21). The Labute approximate surface area is 129 Å². The molecule has 2 heterocycles. The molecule has 1 amide bonds. The maximum atomic E-state index is 12.4. The summed E-state index contributed by atoms with van der Waals surface area (Å²) in [5.74, 6) is -0.120. The average Bonchev–Trinajstić information content (AvgIpc) is 3.02. The van der Waals surface area contributed by atoms with Gasteiger partial charge in [0.25, 0.3) is 0 Å². The quantitative estimate of drug-likeness (QED) is 0.920. The summed E-state index contributed by atoms with van der Waals surface area (Å²) in [6.07, 6.45) is 5.11. The lowest BCUT2D eigenvalue weighted by Crippen LogP contribution is -2.44. The summed E-state index contributed by atoms with van der Waals surface area (Å²) in [6.45, 7) is 8.82. The minimum atomic E-state index is -0.804. The first kappa shape index (κ1) is 15.6. The molecule has 0 aliphatic rings. The number of nitrogens with zero attached hydrogens (tertiary/aromatic N) is 4. The lowest BCUT2D eigenvalue weighted by Gasteiger charge is -2.24. The van der Waals surface area contributed by atoms with Crippen LogP contribution in [0.3, 0.4) is 0 Å². The van der Waals surface area contributed by atoms with Crippen molar-refractivity contribution in [3.8, 4) is 0 Å². The summed E-state index contributed by atoms with van der Waals surface area (Å²) in [4.78, 5) is 12.4. The molecule has 21 heavy (non-hydrogen) atoms. The third kappa shape index (κ3) is 3.26. The Balaban J connectivity index is 2.05. The highest BCUT2D eigenvalue weighted by Gasteiger charge is 2.30. The predicted molar refractivity (Wildman–Crippen MR) is 81.0 cm³/mol. The van der Waals surface area contributed by atoms with Gasteiger partial charge in [0, 0.05) is 31.0 Å². The molecule has 0 saturated heterocycles. The van der Waals surface area contributed by atoms with Crippen LogP contribution in [0, 0.1) is 6.92 Å². The maximum Gasteiger partial charge on any atom is 0.247 e. The van der Waals surface area contributed by atoms with Crippen molar-refractivity contribution in [2.24, 2.45) is 0 Å². The van der Waals surface area contributed by atoms with E-state index in [1.165, 1.54) is 6.20 Å². The molecule has 0 spiro atoms. The van der Waals surface area contributed by atoms with Crippen LogP contribution in [0.5, 0.6) is 0 Å². The number of aromatic nitrogens is 4. The van der Waals surface area contributed by atoms with E-state index < -0.39 is 5.54 Å². The second-order valence-electron chi connectivity index (χ2n) is 5.44. The number of rotatable bonds is 5. The van der Waals surface area contributed by atoms with Gasteiger partial charge in [0.1, 0.15) is 5.54 Å². The first-order valence-electron chi connectivity index (χ1n) is 6.86. The first-order valence-corrected chi connectivity index (χ1v) is 7.24. The van der Waals surface area contributed by atoms with Gasteiger partial charge in [-0.2, -0.15) is 10.2 Å². The smallest absolute Gasteiger partial charge is 0.247 e. The van der Waals surface area contributed by atoms with E-state index in [4.69, 9.17) is 11.6 Å². The summed E-state index contributed by atoms with van der Waals surface area (Å²) < 4.78 is 3.42. The van der Waals surface area contributed by atoms with Crippen molar-refractivity contribution in [1.29, 1.82) is 0 Å². The number of nitrogens with one attached hydrogen (secondary N) is 1. The zero-order chi connectivity index (χ0) is 15.6. The second kappa shape index (κ2) is 5.89. The summed E-state index contributed by atoms with van der Waals surface area (Å²) in [7, 11) is 0. The molecule has 0 aliphatic heterocycles. The third-order valence-electron chi connectivity index (χ3n) is 3.49. The van der Waals surface area contributed by atoms with E-state index in [-0.39, 0.29) is 5.91 Å². The molecule has 0 saturated carbocycles. The van der Waals surface area contributed by atoms with Gasteiger partial charge in [-0.3, -0.25) is 14.2 Å². The Bertz CT molecular complexity index is 644. The van der Waals surface area contributed by atoms with Gasteiger partial charge in [-0.05, 0) is 27.7 Å². The predicted octanol–water partition coefficient (Wildman–Crippen LogP) is 2.11. The van der Waals surface area contributed by atoms with Gasteiger partial charge in [-0.25, -0.2) is 0 Å². The fraction of sp³-hybridized carbons (Fsp3) is 0.500. The number of aryl methyl sites for hydroxylation is 2. The highest BCUT2D eigenvalue weighted by atomic mass is 35.5. The normalized spacial score (nSPS) is 11.7. The number of carbonyl (C=O) groups excluding carboxylic acids is 1. The average molecular weight is 310 g/mol. The van der Waals surface area contributed by atoms with Crippen LogP contribution >= 0.6 is 11.6 Å². The van der Waals surface area contributed by atoms with E-state index in [0.717, 1.165) is 17.8 Å². The van der Waals surface area contributed by atoms with Crippen LogP contribution in [0.4, 0.5) is 0 Å². The molecule has 2 aromatic heterocycles. The van der Waals surface area contributed by atoms with Crippen LogP contribution in [0.2, 0.25) is 5.02 Å². The molecule has 114 valence electrons. The molecule has 0 fully saturated rings. The molecule has 0 unspecified atom stereocenters. The van der Waals surface area contributed by atoms with Crippen molar-refractivity contribution in [2.75, 3.05) is 0 Å². The minimum Gasteiger partial charge on any atom is -0.350 e. The van der Waals surface area contributed by atoms with E-state index in [1.807, 2.05) is 24.7 Å². The van der Waals surface area contributed by atoms with Crippen molar-refractivity contribution in [3.63, 3.8) is 0 Å². The Hall–Kier alpha value is -1.82. The monoisotopic (exact) mass is 309 g/mol. The third-order valence-corrected chi connectivity index (χ3v) is 3.69. The van der Waals surface area contributed by atoms with Crippen molar-refractivity contribution in [1.82, 2.24) is 24.9 Å². The minimum absolute atomic E-state index is 0.120. The molecule has 0 aliphatic carbocycles. The molecule has 1 N–H and O–H groups in total. The molecule has 6 nitrogen and oxygen atoms in total. The van der Waals surface area contributed by atoms with Gasteiger partial charge < -0.3 is 5.32 Å². The van der Waals surface area contributed by atoms with Gasteiger partial charge in [-0.15, -0.1) is 0 Å². The molecule has 7 heteroatoms. The Morgan fingerprint density at radius 3 is 2.67 bits per heavy atom. The fourth-order valence-corrected chi connectivity index (χ4v) is 2.13. The van der Waals surface area contributed by atoms with Crippen molar-refractivity contribution in [2.45, 2.75) is 46.3 Å². The lowest BCUT2D eigenvalue weighted by molar-refractivity contribution is -0.129. The van der Waals surface area contributed by atoms with Crippen LogP contribution < -0.4 is 5.32 Å². The van der Waals surface area contributed by atoms with Crippen LogP contribution in [0.15, 0.2) is 18.6 Å². The molecule has 0 atom stereocenters. The van der Waals surface area contributed by atoms with Crippen LogP contribution in [-0.2, 0) is 23.4 Å². The van der Waals surface area contributed by atoms with E-state index >= 15 is 0 Å². The van der Waals surface area contributed by atoms with Gasteiger partial charge in [0.05, 0.1) is 16.9 Å². The highest BCUT2D eigenvalue weighted by Crippen LogP contribution is 2.17. The Kier molecular flexibility index (Phi) is 4.37. The summed E-state index contributed by atoms with van der Waals surface area (Å²) in [5.41, 5.74) is 1.14. The zero-order valence-electron chi connectivity index (χ0n) is 12.7. The topological polar surface area (TPSA) is 64.7 Å². The molecule has 0 bridgehead atoms. The van der Waals surface area contributed by atoms with E-state index in [2.05, 4.69) is 15.5 Å². The Morgan fingerprint density at radius 1 is 1.43 bits per heavy atom. The molecular formula is C14H20ClN5O.